The molecule has 0 aromatic heterocycles. The Hall–Kier alpha value is -2.32. The lowest BCUT2D eigenvalue weighted by molar-refractivity contribution is 0.0954. The largest absolute Gasteiger partial charge is 0.490 e. The quantitative estimate of drug-likeness (QED) is 0.258. The molecule has 0 aliphatic rings. The Bertz CT molecular complexity index is 900. The fourth-order valence-electron chi connectivity index (χ4n) is 2.39. The van der Waals surface area contributed by atoms with Gasteiger partial charge in [-0.2, -0.15) is 5.10 Å². The van der Waals surface area contributed by atoms with Crippen molar-refractivity contribution in [1.82, 2.24) is 5.43 Å². The Kier molecular flexibility index (Phi) is 9.21. The average molecular weight is 526 g/mol. The first kappa shape index (κ1) is 23.0. The van der Waals surface area contributed by atoms with Gasteiger partial charge in [-0.05, 0) is 60.1 Å². The summed E-state index contributed by atoms with van der Waals surface area (Å²) < 4.78 is 18.3. The maximum atomic E-state index is 12.5. The van der Waals surface area contributed by atoms with Crippen LogP contribution in [0, 0.1) is 0 Å². The first-order valence-corrected chi connectivity index (χ1v) is 10.5. The summed E-state index contributed by atoms with van der Waals surface area (Å²) in [7, 11) is 0. The fraction of sp³-hybridized carbons (Fsp3) is 0.238. The van der Waals surface area contributed by atoms with Crippen LogP contribution in [0.1, 0.15) is 29.8 Å². The number of hydrazone groups is 1. The first-order chi connectivity index (χ1) is 14.0. The molecule has 0 radical (unpaired) electrons. The van der Waals surface area contributed by atoms with Gasteiger partial charge < -0.3 is 14.2 Å². The van der Waals surface area contributed by atoms with Crippen molar-refractivity contribution in [2.45, 2.75) is 13.8 Å². The van der Waals surface area contributed by atoms with Crippen LogP contribution in [0.2, 0.25) is 0 Å². The van der Waals surface area contributed by atoms with Crippen LogP contribution < -0.4 is 19.6 Å². The molecule has 0 spiro atoms. The molecule has 0 saturated heterocycles. The van der Waals surface area contributed by atoms with Crippen LogP contribution in [-0.2, 0) is 0 Å². The number of halogens is 2. The lowest BCUT2D eigenvalue weighted by atomic mass is 10.2. The highest BCUT2D eigenvalue weighted by molar-refractivity contribution is 9.11. The van der Waals surface area contributed by atoms with E-state index in [1.165, 1.54) is 6.21 Å². The highest BCUT2D eigenvalue weighted by Crippen LogP contribution is 2.32. The van der Waals surface area contributed by atoms with Crippen molar-refractivity contribution in [3.63, 3.8) is 0 Å². The van der Waals surface area contributed by atoms with Crippen molar-refractivity contribution in [3.05, 3.63) is 63.1 Å². The number of hydrogen-bond donors (Lipinski definition) is 1. The molecular formula is C21H22Br2N2O4. The minimum absolute atomic E-state index is 0.347. The molecule has 1 N–H and O–H groups in total. The molecule has 0 bridgehead atoms. The molecule has 0 heterocycles. The molecule has 154 valence electrons. The van der Waals surface area contributed by atoms with Gasteiger partial charge in [-0.25, -0.2) is 5.43 Å². The molecular weight excluding hydrogens is 504 g/mol. The number of carbonyl (C=O) groups is 1. The highest BCUT2D eigenvalue weighted by atomic mass is 79.9. The van der Waals surface area contributed by atoms with E-state index in [-0.39, 0.29) is 5.91 Å². The molecule has 2 aromatic rings. The van der Waals surface area contributed by atoms with E-state index in [2.05, 4.69) is 49.0 Å². The molecule has 0 unspecified atom stereocenters. The predicted octanol–water partition coefficient (Wildman–Crippen LogP) is 5.34. The number of nitrogens with zero attached hydrogens (tertiary/aromatic N) is 1. The van der Waals surface area contributed by atoms with Gasteiger partial charge in [-0.15, -0.1) is 0 Å². The van der Waals surface area contributed by atoms with Crippen LogP contribution in [0.4, 0.5) is 0 Å². The van der Waals surface area contributed by atoms with Crippen molar-refractivity contribution in [2.75, 3.05) is 19.8 Å². The monoisotopic (exact) mass is 524 g/mol. The van der Waals surface area contributed by atoms with Gasteiger partial charge in [0.25, 0.3) is 5.91 Å². The van der Waals surface area contributed by atoms with Gasteiger partial charge in [0.2, 0.25) is 0 Å². The summed E-state index contributed by atoms with van der Waals surface area (Å²) in [6, 6.07) is 8.70. The van der Waals surface area contributed by atoms with E-state index in [9.17, 15) is 4.79 Å². The third kappa shape index (κ3) is 6.61. The minimum atomic E-state index is -0.368. The summed E-state index contributed by atoms with van der Waals surface area (Å²) in [5.41, 5.74) is 3.62. The molecule has 0 aliphatic heterocycles. The normalized spacial score (nSPS) is 10.6. The smallest absolute Gasteiger partial charge is 0.271 e. The van der Waals surface area contributed by atoms with E-state index in [0.717, 1.165) is 8.95 Å². The topological polar surface area (TPSA) is 69.2 Å². The molecule has 2 aromatic carbocycles. The molecule has 8 heteroatoms. The molecule has 0 aliphatic carbocycles. The Labute approximate surface area is 187 Å². The predicted molar refractivity (Wildman–Crippen MR) is 121 cm³/mol. The summed E-state index contributed by atoms with van der Waals surface area (Å²) in [5.74, 6) is 1.35. The second kappa shape index (κ2) is 11.6. The number of benzene rings is 2. The number of nitrogens with one attached hydrogen (secondary N) is 1. The van der Waals surface area contributed by atoms with E-state index >= 15 is 0 Å². The Morgan fingerprint density at radius 3 is 2.52 bits per heavy atom. The van der Waals surface area contributed by atoms with Crippen LogP contribution in [0.25, 0.3) is 0 Å². The zero-order valence-electron chi connectivity index (χ0n) is 16.2. The number of amides is 1. The Balaban J connectivity index is 2.17. The summed E-state index contributed by atoms with van der Waals surface area (Å²) >= 11 is 6.90. The maximum absolute atomic E-state index is 12.5. The summed E-state index contributed by atoms with van der Waals surface area (Å²) in [4.78, 5) is 12.5. The third-order valence-corrected chi connectivity index (χ3v) is 4.60. The van der Waals surface area contributed by atoms with Gasteiger partial charge in [0.1, 0.15) is 12.4 Å². The minimum Gasteiger partial charge on any atom is -0.490 e. The van der Waals surface area contributed by atoms with Gasteiger partial charge in [0.05, 0.1) is 23.9 Å². The Morgan fingerprint density at radius 2 is 1.83 bits per heavy atom. The van der Waals surface area contributed by atoms with E-state index in [4.69, 9.17) is 14.2 Å². The van der Waals surface area contributed by atoms with Crippen LogP contribution in [0.5, 0.6) is 17.2 Å². The van der Waals surface area contributed by atoms with Gasteiger partial charge >= 0.3 is 0 Å². The number of rotatable bonds is 10. The van der Waals surface area contributed by atoms with Crippen LogP contribution >= 0.6 is 31.9 Å². The number of carbonyl (C=O) groups excluding carboxylic acids is 1. The molecule has 0 fully saturated rings. The molecule has 2 rings (SSSR count). The number of ether oxygens (including phenoxy) is 3. The van der Waals surface area contributed by atoms with Crippen LogP contribution in [0.3, 0.4) is 0 Å². The zero-order chi connectivity index (χ0) is 21.2. The van der Waals surface area contributed by atoms with Gasteiger partial charge in [0.15, 0.2) is 11.5 Å². The molecule has 29 heavy (non-hydrogen) atoms. The standard InChI is InChI=1S/C21H22Br2N2O4/c1-4-9-29-20-15(10-16(22)12-17(20)23)13-24-25-21(26)14-7-8-18(27-5-2)19(11-14)28-6-3/h4,7-8,10-13H,1,5-6,9H2,2-3H3,(H,25,26)/b24-13+. The van der Waals surface area contributed by atoms with Gasteiger partial charge in [0, 0.05) is 15.6 Å². The lowest BCUT2D eigenvalue weighted by Crippen LogP contribution is -2.18. The first-order valence-electron chi connectivity index (χ1n) is 8.95. The van der Waals surface area contributed by atoms with Crippen molar-refractivity contribution < 1.29 is 19.0 Å². The summed E-state index contributed by atoms with van der Waals surface area (Å²) in [6.07, 6.45) is 3.17. The van der Waals surface area contributed by atoms with Crippen molar-refractivity contribution in [1.29, 1.82) is 0 Å². The second-order valence-corrected chi connectivity index (χ2v) is 7.40. The van der Waals surface area contributed by atoms with Gasteiger partial charge in [-0.3, -0.25) is 4.79 Å². The number of hydrogen-bond acceptors (Lipinski definition) is 5. The van der Waals surface area contributed by atoms with Crippen LogP contribution in [0.15, 0.2) is 57.0 Å². The summed E-state index contributed by atoms with van der Waals surface area (Å²) in [6.45, 7) is 8.73. The van der Waals surface area contributed by atoms with E-state index < -0.39 is 0 Å². The molecule has 1 amide bonds. The SMILES string of the molecule is C=CCOc1c(Br)cc(Br)cc1/C=N/NC(=O)c1ccc(OCC)c(OCC)c1. The molecule has 0 saturated carbocycles. The highest BCUT2D eigenvalue weighted by Gasteiger charge is 2.12. The van der Waals surface area contributed by atoms with E-state index in [1.807, 2.05) is 26.0 Å². The molecule has 6 nitrogen and oxygen atoms in total. The van der Waals surface area contributed by atoms with Crippen molar-refractivity contribution in [2.24, 2.45) is 5.10 Å². The van der Waals surface area contributed by atoms with Gasteiger partial charge in [-0.1, -0.05) is 28.6 Å². The average Bonchev–Trinajstić information content (AvgIpc) is 2.69. The van der Waals surface area contributed by atoms with Crippen molar-refractivity contribution >= 4 is 44.0 Å². The van der Waals surface area contributed by atoms with Crippen LogP contribution in [-0.4, -0.2) is 31.9 Å². The zero-order valence-corrected chi connectivity index (χ0v) is 19.4. The summed E-state index contributed by atoms with van der Waals surface area (Å²) in [5, 5.41) is 4.06. The Morgan fingerprint density at radius 1 is 1.10 bits per heavy atom. The van der Waals surface area contributed by atoms with E-state index in [0.29, 0.717) is 48.2 Å². The molecule has 0 atom stereocenters. The van der Waals surface area contributed by atoms with E-state index in [1.54, 1.807) is 24.3 Å². The second-order valence-electron chi connectivity index (χ2n) is 5.63. The fourth-order valence-corrected chi connectivity index (χ4v) is 3.76. The van der Waals surface area contributed by atoms with Crippen molar-refractivity contribution in [3.8, 4) is 17.2 Å². The lowest BCUT2D eigenvalue weighted by Gasteiger charge is -2.12. The third-order valence-electron chi connectivity index (χ3n) is 3.56. The maximum Gasteiger partial charge on any atom is 0.271 e.